The summed E-state index contributed by atoms with van der Waals surface area (Å²) >= 11 is 1.59. The molecule has 0 spiro atoms. The van der Waals surface area contributed by atoms with Gasteiger partial charge in [-0.1, -0.05) is 0 Å². The van der Waals surface area contributed by atoms with Gasteiger partial charge in [-0.2, -0.15) is 4.98 Å². The van der Waals surface area contributed by atoms with E-state index in [1.54, 1.807) is 18.3 Å². The summed E-state index contributed by atoms with van der Waals surface area (Å²) in [4.78, 5) is 34.6. The van der Waals surface area contributed by atoms with Gasteiger partial charge in [0, 0.05) is 18.5 Å². The molecule has 128 valence electrons. The molecular formula is C17H22N4O2S. The number of ketones is 1. The molecule has 3 N–H and O–H groups in total. The minimum absolute atomic E-state index is 0.121. The Morgan fingerprint density at radius 2 is 2.29 bits per heavy atom. The van der Waals surface area contributed by atoms with Gasteiger partial charge in [-0.05, 0) is 50.7 Å². The average molecular weight is 346 g/mol. The molecule has 3 heterocycles. The number of anilines is 2. The predicted molar refractivity (Wildman–Crippen MR) is 97.1 cm³/mol. The fraction of sp³-hybridized carbons (Fsp3) is 0.471. The summed E-state index contributed by atoms with van der Waals surface area (Å²) in [5.74, 6) is 1.36. The number of aromatic amines is 1. The molecule has 0 saturated carbocycles. The van der Waals surface area contributed by atoms with Gasteiger partial charge in [-0.3, -0.25) is 14.6 Å². The van der Waals surface area contributed by atoms with E-state index in [4.69, 9.17) is 5.73 Å². The van der Waals surface area contributed by atoms with E-state index in [1.807, 2.05) is 18.0 Å². The van der Waals surface area contributed by atoms with Crippen molar-refractivity contribution in [1.29, 1.82) is 0 Å². The van der Waals surface area contributed by atoms with Gasteiger partial charge in [0.15, 0.2) is 5.78 Å². The summed E-state index contributed by atoms with van der Waals surface area (Å²) in [5, 5.41) is 0. The lowest BCUT2D eigenvalue weighted by Gasteiger charge is -2.31. The number of aryl methyl sites for hydroxylation is 2. The Bertz CT molecular complexity index is 840. The van der Waals surface area contributed by atoms with E-state index in [0.717, 1.165) is 29.8 Å². The molecule has 0 aromatic carbocycles. The maximum Gasteiger partial charge on any atom is 0.257 e. The van der Waals surface area contributed by atoms with Crippen LogP contribution in [0.4, 0.5) is 11.8 Å². The first kappa shape index (κ1) is 16.7. The number of nitrogen functional groups attached to an aromatic ring is 1. The number of nitrogens with zero attached hydrogens (tertiary/aromatic N) is 2. The van der Waals surface area contributed by atoms with Crippen molar-refractivity contribution in [3.05, 3.63) is 37.3 Å². The smallest absolute Gasteiger partial charge is 0.257 e. The maximum absolute atomic E-state index is 12.1. The van der Waals surface area contributed by atoms with Gasteiger partial charge in [0.25, 0.3) is 5.56 Å². The first-order valence-corrected chi connectivity index (χ1v) is 8.87. The Balaban J connectivity index is 1.74. The van der Waals surface area contributed by atoms with E-state index in [0.29, 0.717) is 18.2 Å². The van der Waals surface area contributed by atoms with Gasteiger partial charge < -0.3 is 10.6 Å². The first-order valence-electron chi connectivity index (χ1n) is 8.05. The first-order chi connectivity index (χ1) is 11.3. The number of rotatable bonds is 4. The number of nitrogens with one attached hydrogen (secondary N) is 1. The van der Waals surface area contributed by atoms with Crippen molar-refractivity contribution in [2.24, 2.45) is 5.92 Å². The van der Waals surface area contributed by atoms with Crippen LogP contribution in [0.5, 0.6) is 0 Å². The molecule has 3 rings (SSSR count). The van der Waals surface area contributed by atoms with Crippen molar-refractivity contribution >= 4 is 28.9 Å². The van der Waals surface area contributed by atoms with Crippen molar-refractivity contribution in [3.8, 4) is 0 Å². The van der Waals surface area contributed by atoms with Gasteiger partial charge in [-0.25, -0.2) is 0 Å². The Morgan fingerprint density at radius 1 is 1.54 bits per heavy atom. The van der Waals surface area contributed by atoms with E-state index < -0.39 is 0 Å². The number of H-pyrrole nitrogens is 1. The zero-order valence-electron chi connectivity index (χ0n) is 14.2. The fourth-order valence-corrected chi connectivity index (χ4v) is 4.38. The number of hydrogen-bond acceptors (Lipinski definition) is 6. The Hall–Kier alpha value is -2.15. The highest BCUT2D eigenvalue weighted by Crippen LogP contribution is 2.29. The van der Waals surface area contributed by atoms with Gasteiger partial charge in [0.1, 0.15) is 5.82 Å². The standard InChI is InChI=1S/C17H22N4O2S/c1-9-6-14(10(2)22)24-13(9)5-4-11-7-12-15(21(3)8-11)19-17(18)20-16(12)23/h6,11H,4-5,7-8H2,1-3H3,(H3,18,19,20,23)/t11-/m0/s1. The Labute approximate surface area is 144 Å². The highest BCUT2D eigenvalue weighted by atomic mass is 32.1. The number of carbonyl (C=O) groups excluding carboxylic acids is 1. The summed E-state index contributed by atoms with van der Waals surface area (Å²) in [6, 6.07) is 1.97. The van der Waals surface area contributed by atoms with Gasteiger partial charge in [-0.15, -0.1) is 11.3 Å². The van der Waals surface area contributed by atoms with Crippen LogP contribution in [-0.4, -0.2) is 29.3 Å². The molecule has 2 aromatic rings. The fourth-order valence-electron chi connectivity index (χ4n) is 3.30. The maximum atomic E-state index is 12.1. The molecule has 6 nitrogen and oxygen atoms in total. The van der Waals surface area contributed by atoms with Crippen molar-refractivity contribution in [2.45, 2.75) is 33.1 Å². The molecule has 1 aliphatic heterocycles. The molecule has 2 aromatic heterocycles. The van der Waals surface area contributed by atoms with Crippen LogP contribution >= 0.6 is 11.3 Å². The molecule has 0 amide bonds. The molecule has 0 unspecified atom stereocenters. The molecule has 0 radical (unpaired) electrons. The van der Waals surface area contributed by atoms with Crippen LogP contribution in [0.25, 0.3) is 0 Å². The van der Waals surface area contributed by atoms with Crippen LogP contribution < -0.4 is 16.2 Å². The van der Waals surface area contributed by atoms with Crippen molar-refractivity contribution in [1.82, 2.24) is 9.97 Å². The third kappa shape index (κ3) is 3.21. The highest BCUT2D eigenvalue weighted by Gasteiger charge is 2.26. The van der Waals surface area contributed by atoms with E-state index in [1.165, 1.54) is 10.4 Å². The van der Waals surface area contributed by atoms with Crippen molar-refractivity contribution in [2.75, 3.05) is 24.2 Å². The minimum atomic E-state index is -0.139. The molecule has 1 atom stereocenters. The second-order valence-electron chi connectivity index (χ2n) is 6.52. The summed E-state index contributed by atoms with van der Waals surface area (Å²) in [5.41, 5.74) is 7.40. The number of thiophene rings is 1. The van der Waals surface area contributed by atoms with Crippen LogP contribution in [0, 0.1) is 12.8 Å². The summed E-state index contributed by atoms with van der Waals surface area (Å²) < 4.78 is 0. The largest absolute Gasteiger partial charge is 0.369 e. The minimum Gasteiger partial charge on any atom is -0.369 e. The lowest BCUT2D eigenvalue weighted by Crippen LogP contribution is -2.37. The lowest BCUT2D eigenvalue weighted by atomic mass is 9.91. The van der Waals surface area contributed by atoms with Crippen LogP contribution in [0.15, 0.2) is 10.9 Å². The normalized spacial score (nSPS) is 17.0. The SMILES string of the molecule is CC(=O)c1cc(C)c(CC[C@H]2Cc3c(nc(N)[nH]c3=O)N(C)C2)s1. The zero-order chi connectivity index (χ0) is 17.4. The molecule has 0 saturated heterocycles. The highest BCUT2D eigenvalue weighted by molar-refractivity contribution is 7.14. The zero-order valence-corrected chi connectivity index (χ0v) is 15.0. The summed E-state index contributed by atoms with van der Waals surface area (Å²) in [7, 11) is 1.95. The van der Waals surface area contributed by atoms with E-state index in [9.17, 15) is 9.59 Å². The second-order valence-corrected chi connectivity index (χ2v) is 7.65. The van der Waals surface area contributed by atoms with Gasteiger partial charge in [0.2, 0.25) is 5.95 Å². The Kier molecular flexibility index (Phi) is 4.45. The molecular weight excluding hydrogens is 324 g/mol. The number of fused-ring (bicyclic) bond motifs is 1. The van der Waals surface area contributed by atoms with Crippen molar-refractivity contribution < 1.29 is 4.79 Å². The quantitative estimate of drug-likeness (QED) is 0.828. The van der Waals surface area contributed by atoms with Crippen LogP contribution in [-0.2, 0) is 12.8 Å². The topological polar surface area (TPSA) is 92.1 Å². The van der Waals surface area contributed by atoms with Crippen LogP contribution in [0.2, 0.25) is 0 Å². The molecule has 24 heavy (non-hydrogen) atoms. The molecule has 0 bridgehead atoms. The molecule has 0 fully saturated rings. The summed E-state index contributed by atoms with van der Waals surface area (Å²) in [6.45, 7) is 4.51. The van der Waals surface area contributed by atoms with E-state index in [2.05, 4.69) is 16.9 Å². The third-order valence-electron chi connectivity index (χ3n) is 4.55. The second kappa shape index (κ2) is 6.39. The monoisotopic (exact) mass is 346 g/mol. The number of hydrogen-bond donors (Lipinski definition) is 2. The number of nitrogens with two attached hydrogens (primary N) is 1. The molecule has 7 heteroatoms. The number of aromatic nitrogens is 2. The van der Waals surface area contributed by atoms with Gasteiger partial charge in [0.05, 0.1) is 10.4 Å². The predicted octanol–water partition coefficient (Wildman–Crippen LogP) is 2.17. The average Bonchev–Trinajstić information content (AvgIpc) is 2.88. The van der Waals surface area contributed by atoms with Crippen LogP contribution in [0.3, 0.4) is 0 Å². The van der Waals surface area contributed by atoms with Crippen molar-refractivity contribution in [3.63, 3.8) is 0 Å². The van der Waals surface area contributed by atoms with E-state index >= 15 is 0 Å². The molecule has 0 aliphatic carbocycles. The third-order valence-corrected chi connectivity index (χ3v) is 5.94. The van der Waals surface area contributed by atoms with Crippen LogP contribution in [0.1, 0.15) is 39.0 Å². The molecule has 1 aliphatic rings. The number of Topliss-reactive ketones (excluding diaryl/α,β-unsaturated/α-hetero) is 1. The van der Waals surface area contributed by atoms with E-state index in [-0.39, 0.29) is 17.3 Å². The van der Waals surface area contributed by atoms with Gasteiger partial charge >= 0.3 is 0 Å². The lowest BCUT2D eigenvalue weighted by molar-refractivity contribution is 0.102. The summed E-state index contributed by atoms with van der Waals surface area (Å²) in [6.07, 6.45) is 2.62. The Morgan fingerprint density at radius 3 is 2.96 bits per heavy atom. The number of carbonyl (C=O) groups is 1.